The minimum atomic E-state index is -1.55. The van der Waals surface area contributed by atoms with Crippen molar-refractivity contribution >= 4 is 5.97 Å². The number of carbonyl (C=O) groups is 1. The zero-order valence-electron chi connectivity index (χ0n) is 18.6. The molecule has 1 heterocycles. The Labute approximate surface area is 186 Å². The highest BCUT2D eigenvalue weighted by Crippen LogP contribution is 2.22. The number of carbonyl (C=O) groups excluding carboxylic acids is 1. The average molecular weight is 441 g/mol. The summed E-state index contributed by atoms with van der Waals surface area (Å²) in [5.74, 6) is -0.537. The Hall–Kier alpha value is -1.51. The molecule has 0 aromatic carbocycles. The Bertz CT molecular complexity index is 556. The molecule has 0 spiro atoms. The molecule has 1 aliphatic heterocycles. The number of unbranched alkanes of at least 4 members (excludes halogenated alkanes) is 5. The lowest BCUT2D eigenvalue weighted by Gasteiger charge is -2.39. The number of aliphatic hydroxyl groups is 4. The number of hydrogen-bond donors (Lipinski definition) is 4. The third-order valence-electron chi connectivity index (χ3n) is 5.13. The molecule has 178 valence electrons. The fraction of sp³-hybridized carbons (Fsp3) is 0.708. The summed E-state index contributed by atoms with van der Waals surface area (Å²) < 4.78 is 10.2. The molecule has 31 heavy (non-hydrogen) atoms. The van der Waals surface area contributed by atoms with Crippen molar-refractivity contribution in [3.05, 3.63) is 36.5 Å². The molecule has 5 atom stereocenters. The van der Waals surface area contributed by atoms with E-state index in [0.717, 1.165) is 51.4 Å². The maximum Gasteiger partial charge on any atom is 0.308 e. The standard InChI is InChI=1S/C24H40O7/c1-2-3-4-5-6-7-8-9-10-11-12-13-14-15-16-17-20(26)31-24-23(29)22(28)21(27)19(18-25)30-24/h3-4,6-7,9-10,19,21-25,27-29H,2,5,8,11-18H2,1H3/b4-3-,7-6-,10-9-/t19-,21-,22+,23-,24+/m0/s1. The molecule has 4 N–H and O–H groups in total. The van der Waals surface area contributed by atoms with E-state index in [4.69, 9.17) is 14.6 Å². The second kappa shape index (κ2) is 17.1. The second-order valence-corrected chi connectivity index (χ2v) is 7.79. The van der Waals surface area contributed by atoms with Crippen LogP contribution in [0.3, 0.4) is 0 Å². The molecule has 1 aliphatic rings. The molecule has 7 heteroatoms. The molecule has 0 aromatic rings. The van der Waals surface area contributed by atoms with Crippen LogP contribution >= 0.6 is 0 Å². The molecule has 0 bridgehead atoms. The van der Waals surface area contributed by atoms with Gasteiger partial charge in [-0.25, -0.2) is 0 Å². The minimum absolute atomic E-state index is 0.189. The van der Waals surface area contributed by atoms with Crippen molar-refractivity contribution in [3.8, 4) is 0 Å². The Morgan fingerprint density at radius 3 is 2.13 bits per heavy atom. The molecule has 1 fully saturated rings. The molecule has 1 saturated heterocycles. The van der Waals surface area contributed by atoms with Crippen LogP contribution in [0, 0.1) is 0 Å². The topological polar surface area (TPSA) is 116 Å². The van der Waals surface area contributed by atoms with Gasteiger partial charge in [-0.2, -0.15) is 0 Å². The van der Waals surface area contributed by atoms with Crippen molar-refractivity contribution in [1.82, 2.24) is 0 Å². The summed E-state index contributed by atoms with van der Waals surface area (Å²) in [5.41, 5.74) is 0. The highest BCUT2D eigenvalue weighted by atomic mass is 16.7. The molecule has 1 rings (SSSR count). The quantitative estimate of drug-likeness (QED) is 0.176. The number of ether oxygens (including phenoxy) is 2. The average Bonchev–Trinajstić information content (AvgIpc) is 2.76. The van der Waals surface area contributed by atoms with Crippen LogP contribution in [-0.4, -0.2) is 63.7 Å². The van der Waals surface area contributed by atoms with Crippen LogP contribution in [0.15, 0.2) is 36.5 Å². The van der Waals surface area contributed by atoms with Crippen molar-refractivity contribution in [2.75, 3.05) is 6.61 Å². The Morgan fingerprint density at radius 2 is 1.45 bits per heavy atom. The predicted molar refractivity (Wildman–Crippen MR) is 119 cm³/mol. The van der Waals surface area contributed by atoms with Crippen molar-refractivity contribution in [3.63, 3.8) is 0 Å². The summed E-state index contributed by atoms with van der Waals surface area (Å²) in [7, 11) is 0. The molecule has 0 amide bonds. The summed E-state index contributed by atoms with van der Waals surface area (Å²) in [4.78, 5) is 11.9. The Morgan fingerprint density at radius 1 is 0.839 bits per heavy atom. The highest BCUT2D eigenvalue weighted by molar-refractivity contribution is 5.69. The summed E-state index contributed by atoms with van der Waals surface area (Å²) in [5, 5.41) is 38.4. The summed E-state index contributed by atoms with van der Waals surface area (Å²) >= 11 is 0. The Balaban J connectivity index is 2.04. The first-order chi connectivity index (χ1) is 15.0. The molecular formula is C24H40O7. The van der Waals surface area contributed by atoms with Gasteiger partial charge < -0.3 is 29.9 Å². The van der Waals surface area contributed by atoms with E-state index in [1.165, 1.54) is 0 Å². The Kier molecular flexibility index (Phi) is 15.2. The maximum absolute atomic E-state index is 11.9. The number of hydrogen-bond acceptors (Lipinski definition) is 7. The van der Waals surface area contributed by atoms with Gasteiger partial charge in [-0.3, -0.25) is 4.79 Å². The van der Waals surface area contributed by atoms with E-state index in [9.17, 15) is 20.1 Å². The second-order valence-electron chi connectivity index (χ2n) is 7.79. The maximum atomic E-state index is 11.9. The third-order valence-corrected chi connectivity index (χ3v) is 5.13. The monoisotopic (exact) mass is 440 g/mol. The fourth-order valence-corrected chi connectivity index (χ4v) is 3.24. The van der Waals surface area contributed by atoms with Gasteiger partial charge in [0.05, 0.1) is 6.61 Å². The fourth-order valence-electron chi connectivity index (χ4n) is 3.24. The van der Waals surface area contributed by atoms with Crippen LogP contribution in [0.1, 0.15) is 71.1 Å². The predicted octanol–water partition coefficient (Wildman–Crippen LogP) is 2.92. The van der Waals surface area contributed by atoms with Crippen molar-refractivity contribution in [1.29, 1.82) is 0 Å². The zero-order chi connectivity index (χ0) is 22.9. The van der Waals surface area contributed by atoms with E-state index in [-0.39, 0.29) is 6.42 Å². The highest BCUT2D eigenvalue weighted by Gasteiger charge is 2.45. The van der Waals surface area contributed by atoms with Gasteiger partial charge in [0, 0.05) is 6.42 Å². The smallest absolute Gasteiger partial charge is 0.308 e. The lowest BCUT2D eigenvalue weighted by Crippen LogP contribution is -2.59. The third kappa shape index (κ3) is 11.6. The number of aliphatic hydroxyl groups excluding tert-OH is 4. The largest absolute Gasteiger partial charge is 0.433 e. The first-order valence-electron chi connectivity index (χ1n) is 11.5. The van der Waals surface area contributed by atoms with E-state index in [0.29, 0.717) is 6.42 Å². The van der Waals surface area contributed by atoms with Gasteiger partial charge in [0.15, 0.2) is 0 Å². The molecule has 0 unspecified atom stereocenters. The molecule has 0 aromatic heterocycles. The first-order valence-corrected chi connectivity index (χ1v) is 11.5. The summed E-state index contributed by atoms with van der Waals surface area (Å²) in [6.07, 6.45) is 15.2. The van der Waals surface area contributed by atoms with E-state index in [1.54, 1.807) is 0 Å². The van der Waals surface area contributed by atoms with E-state index >= 15 is 0 Å². The van der Waals surface area contributed by atoms with Gasteiger partial charge in [-0.15, -0.1) is 0 Å². The van der Waals surface area contributed by atoms with Crippen LogP contribution in [0.2, 0.25) is 0 Å². The minimum Gasteiger partial charge on any atom is -0.433 e. The molecule has 0 aliphatic carbocycles. The van der Waals surface area contributed by atoms with E-state index < -0.39 is 43.3 Å². The van der Waals surface area contributed by atoms with Gasteiger partial charge >= 0.3 is 5.97 Å². The molecule has 0 saturated carbocycles. The summed E-state index contributed by atoms with van der Waals surface area (Å²) in [6.45, 7) is 1.58. The van der Waals surface area contributed by atoms with Crippen molar-refractivity contribution in [2.45, 2.75) is 102 Å². The lowest BCUT2D eigenvalue weighted by molar-refractivity contribution is -0.292. The molecular weight excluding hydrogens is 400 g/mol. The van der Waals surface area contributed by atoms with Gasteiger partial charge in [0.25, 0.3) is 0 Å². The van der Waals surface area contributed by atoms with Crippen LogP contribution in [-0.2, 0) is 14.3 Å². The van der Waals surface area contributed by atoms with Crippen molar-refractivity contribution in [2.24, 2.45) is 0 Å². The van der Waals surface area contributed by atoms with Gasteiger partial charge in [-0.1, -0.05) is 62.6 Å². The summed E-state index contributed by atoms with van der Waals surface area (Å²) in [6, 6.07) is 0. The van der Waals surface area contributed by atoms with Crippen molar-refractivity contribution < 1.29 is 34.7 Å². The van der Waals surface area contributed by atoms with Crippen LogP contribution in [0.5, 0.6) is 0 Å². The van der Waals surface area contributed by atoms with Crippen LogP contribution in [0.25, 0.3) is 0 Å². The van der Waals surface area contributed by atoms with Gasteiger partial charge in [-0.05, 0) is 38.5 Å². The van der Waals surface area contributed by atoms with Crippen LogP contribution < -0.4 is 0 Å². The first kappa shape index (κ1) is 27.5. The number of allylic oxidation sites excluding steroid dienone is 6. The van der Waals surface area contributed by atoms with E-state index in [2.05, 4.69) is 43.4 Å². The zero-order valence-corrected chi connectivity index (χ0v) is 18.6. The molecule has 7 nitrogen and oxygen atoms in total. The van der Waals surface area contributed by atoms with Gasteiger partial charge in [0.1, 0.15) is 24.4 Å². The number of rotatable bonds is 15. The van der Waals surface area contributed by atoms with Crippen LogP contribution in [0.4, 0.5) is 0 Å². The normalized spacial score (nSPS) is 26.9. The lowest BCUT2D eigenvalue weighted by atomic mass is 9.99. The SMILES string of the molecule is CC/C=C\C/C=C\C/C=C\CCCCCCCC(=O)O[C@H]1O[C@@H](CO)[C@H](O)[C@@H](O)[C@@H]1O. The number of esters is 1. The molecule has 0 radical (unpaired) electrons. The van der Waals surface area contributed by atoms with Gasteiger partial charge in [0.2, 0.25) is 6.29 Å². The van der Waals surface area contributed by atoms with E-state index in [1.807, 2.05) is 0 Å².